The molecule has 3 amide bonds. The van der Waals surface area contributed by atoms with Crippen molar-refractivity contribution in [2.75, 3.05) is 19.6 Å². The molecule has 3 fully saturated rings. The molecule has 4 aliphatic heterocycles. The van der Waals surface area contributed by atoms with Gasteiger partial charge in [0, 0.05) is 47.8 Å². The average Bonchev–Trinajstić information content (AvgIpc) is 3.66. The zero-order chi connectivity index (χ0) is 29.8. The van der Waals surface area contributed by atoms with E-state index in [9.17, 15) is 37.5 Å². The van der Waals surface area contributed by atoms with E-state index in [-0.39, 0.29) is 28.8 Å². The fraction of sp³-hybridized carbons (Fsp3) is 0.696. The number of hydrogen-bond acceptors (Lipinski definition) is 10. The number of β-lactam (4-membered cyclic amide) rings is 1. The second-order valence-electron chi connectivity index (χ2n) is 10.8. The Morgan fingerprint density at radius 3 is 2.68 bits per heavy atom. The monoisotopic (exact) mass is 601 g/mol. The first kappa shape index (κ1) is 29.2. The number of fused-ring (bicyclic) bond motifs is 1. The van der Waals surface area contributed by atoms with Gasteiger partial charge in [-0.2, -0.15) is 13.2 Å². The van der Waals surface area contributed by atoms with Crippen LogP contribution < -0.4 is 16.4 Å². The molecule has 0 radical (unpaired) electrons. The van der Waals surface area contributed by atoms with E-state index in [1.54, 1.807) is 18.7 Å². The number of amides is 3. The summed E-state index contributed by atoms with van der Waals surface area (Å²) in [6, 6.07) is -1.79. The Balaban J connectivity index is 1.23. The Bertz CT molecular complexity index is 1290. The molecule has 1 aromatic rings. The van der Waals surface area contributed by atoms with Gasteiger partial charge in [-0.3, -0.25) is 14.4 Å². The molecule has 224 valence electrons. The quantitative estimate of drug-likeness (QED) is 0.267. The topological polar surface area (TPSA) is 189 Å². The van der Waals surface area contributed by atoms with Crippen LogP contribution in [-0.2, 0) is 31.9 Å². The lowest BCUT2D eigenvalue weighted by Crippen LogP contribution is -2.66. The summed E-state index contributed by atoms with van der Waals surface area (Å²) in [4.78, 5) is 54.3. The van der Waals surface area contributed by atoms with Gasteiger partial charge in [0.05, 0.1) is 18.0 Å². The van der Waals surface area contributed by atoms with Crippen molar-refractivity contribution in [3.63, 3.8) is 0 Å². The third-order valence-electron chi connectivity index (χ3n) is 8.02. The minimum absolute atomic E-state index is 0.0272. The van der Waals surface area contributed by atoms with E-state index in [2.05, 4.69) is 26.2 Å². The maximum Gasteiger partial charge on any atom is 0.453 e. The number of hydrogen-bond donors (Lipinski definition) is 4. The van der Waals surface area contributed by atoms with E-state index in [0.717, 1.165) is 6.42 Å². The van der Waals surface area contributed by atoms with Gasteiger partial charge >= 0.3 is 12.1 Å². The zero-order valence-electron chi connectivity index (χ0n) is 22.2. The molecule has 0 bridgehead atoms. The largest absolute Gasteiger partial charge is 0.477 e. The van der Waals surface area contributed by atoms with Crippen molar-refractivity contribution in [2.45, 2.75) is 68.8 Å². The molecular weight excluding hydrogens is 571 g/mol. The molecule has 4 aliphatic rings. The van der Waals surface area contributed by atoms with Crippen LogP contribution >= 0.6 is 11.8 Å². The molecule has 1 aromatic heterocycles. The highest BCUT2D eigenvalue weighted by molar-refractivity contribution is 8.03. The standard InChI is InChI=1S/C23H30F3N9O5S/c1-9-16-15(10(2)29-14(36)8-34-22(23(24,25)26)30-31-32-34)20(38)35(16)17(21(39)40)18(9)41-12-5-13(28-6-12)19(37)33-4-3-11(27)7-33/h9-13,15-16,28H,3-8,27H2,1-2H3,(H,29,36)(H,39,40)/t9-,10-,11?,12+,13+,15-,16-/m1/s1. The Morgan fingerprint density at radius 1 is 1.32 bits per heavy atom. The lowest BCUT2D eigenvalue weighted by atomic mass is 9.78. The van der Waals surface area contributed by atoms with E-state index < -0.39 is 60.4 Å². The van der Waals surface area contributed by atoms with Crippen molar-refractivity contribution >= 4 is 35.5 Å². The number of nitrogens with two attached hydrogens (primary N) is 1. The number of aromatic nitrogens is 4. The molecule has 1 unspecified atom stereocenters. The van der Waals surface area contributed by atoms with Crippen LogP contribution in [0.25, 0.3) is 0 Å². The van der Waals surface area contributed by atoms with Crippen LogP contribution in [0.1, 0.15) is 32.5 Å². The van der Waals surface area contributed by atoms with Gasteiger partial charge < -0.3 is 31.3 Å². The summed E-state index contributed by atoms with van der Waals surface area (Å²) < 4.78 is 39.4. The fourth-order valence-electron chi connectivity index (χ4n) is 6.10. The van der Waals surface area contributed by atoms with Gasteiger partial charge in [0.15, 0.2) is 0 Å². The maximum atomic E-state index is 13.1. The lowest BCUT2D eigenvalue weighted by Gasteiger charge is -2.47. The van der Waals surface area contributed by atoms with E-state index >= 15 is 0 Å². The summed E-state index contributed by atoms with van der Waals surface area (Å²) in [5.41, 5.74) is 5.81. The van der Waals surface area contributed by atoms with E-state index in [1.165, 1.54) is 16.7 Å². The molecule has 0 aromatic carbocycles. The Labute approximate surface area is 236 Å². The molecule has 5 N–H and O–H groups in total. The zero-order valence-corrected chi connectivity index (χ0v) is 23.0. The maximum absolute atomic E-state index is 13.1. The lowest BCUT2D eigenvalue weighted by molar-refractivity contribution is -0.158. The number of likely N-dealkylation sites (tertiary alicyclic amines) is 1. The molecule has 3 saturated heterocycles. The molecule has 41 heavy (non-hydrogen) atoms. The fourth-order valence-corrected chi connectivity index (χ4v) is 7.58. The summed E-state index contributed by atoms with van der Waals surface area (Å²) >= 11 is 1.34. The summed E-state index contributed by atoms with van der Waals surface area (Å²) in [6.07, 6.45) is -3.61. The smallest absolute Gasteiger partial charge is 0.453 e. The van der Waals surface area contributed by atoms with Crippen molar-refractivity contribution in [1.82, 2.24) is 40.6 Å². The molecule has 5 heterocycles. The number of alkyl halides is 3. The molecule has 0 aliphatic carbocycles. The van der Waals surface area contributed by atoms with Crippen LogP contribution in [0, 0.1) is 11.8 Å². The summed E-state index contributed by atoms with van der Waals surface area (Å²) in [5, 5.41) is 24.7. The van der Waals surface area contributed by atoms with Gasteiger partial charge in [0.1, 0.15) is 12.2 Å². The van der Waals surface area contributed by atoms with E-state index in [1.807, 2.05) is 0 Å². The van der Waals surface area contributed by atoms with Crippen LogP contribution in [0.15, 0.2) is 10.6 Å². The third kappa shape index (κ3) is 5.39. The second-order valence-corrected chi connectivity index (χ2v) is 12.2. The molecule has 5 rings (SSSR count). The molecule has 14 nitrogen and oxygen atoms in total. The molecule has 0 saturated carbocycles. The van der Waals surface area contributed by atoms with Crippen molar-refractivity contribution < 1.29 is 37.5 Å². The molecule has 7 atom stereocenters. The number of carboxylic acids is 1. The first-order chi connectivity index (χ1) is 19.3. The number of carboxylic acid groups (broad SMARTS) is 1. The molecule has 18 heteroatoms. The Morgan fingerprint density at radius 2 is 2.05 bits per heavy atom. The highest BCUT2D eigenvalue weighted by Gasteiger charge is 2.60. The SMILES string of the molecule is C[C@@H](NC(=O)Cn1nnnc1C(F)(F)F)[C@H]1C(=O)N2C(C(=O)O)=C(S[C@@H]3CN[C@H](C(=O)N4CCC(N)C4)C3)[C@H](C)[C@H]12. The van der Waals surface area contributed by atoms with Crippen molar-refractivity contribution in [3.05, 3.63) is 16.4 Å². The number of carbonyl (C=O) groups excluding carboxylic acids is 3. The van der Waals surface area contributed by atoms with E-state index in [4.69, 9.17) is 5.73 Å². The number of halogens is 3. The van der Waals surface area contributed by atoms with Crippen LogP contribution in [0.4, 0.5) is 13.2 Å². The normalized spacial score (nSPS) is 30.4. The van der Waals surface area contributed by atoms with Crippen LogP contribution in [0.2, 0.25) is 0 Å². The van der Waals surface area contributed by atoms with Gasteiger partial charge in [0.25, 0.3) is 5.82 Å². The van der Waals surface area contributed by atoms with Crippen LogP contribution in [0.3, 0.4) is 0 Å². The van der Waals surface area contributed by atoms with Crippen molar-refractivity contribution in [3.8, 4) is 0 Å². The number of thioether (sulfide) groups is 1. The van der Waals surface area contributed by atoms with Gasteiger partial charge in [-0.05, 0) is 30.2 Å². The van der Waals surface area contributed by atoms with Crippen molar-refractivity contribution in [1.29, 1.82) is 0 Å². The minimum Gasteiger partial charge on any atom is -0.477 e. The number of rotatable bonds is 8. The Hall–Kier alpha value is -3.25. The minimum atomic E-state index is -4.85. The number of nitrogens with zero attached hydrogens (tertiary/aromatic N) is 6. The summed E-state index contributed by atoms with van der Waals surface area (Å²) in [6.45, 7) is 4.13. The van der Waals surface area contributed by atoms with Gasteiger partial charge in [-0.25, -0.2) is 9.48 Å². The second kappa shape index (κ2) is 10.9. The average molecular weight is 602 g/mol. The highest BCUT2D eigenvalue weighted by Crippen LogP contribution is 2.52. The number of tetrazole rings is 1. The van der Waals surface area contributed by atoms with Gasteiger partial charge in [-0.1, -0.05) is 6.92 Å². The third-order valence-corrected chi connectivity index (χ3v) is 9.53. The Kier molecular flexibility index (Phi) is 7.75. The van der Waals surface area contributed by atoms with Crippen LogP contribution in [0.5, 0.6) is 0 Å². The highest BCUT2D eigenvalue weighted by atomic mass is 32.2. The van der Waals surface area contributed by atoms with E-state index in [0.29, 0.717) is 35.6 Å². The molecular formula is C23H30F3N9O5S. The number of nitrogens with one attached hydrogen (secondary N) is 2. The van der Waals surface area contributed by atoms with Gasteiger partial charge in [-0.15, -0.1) is 16.9 Å². The first-order valence-corrected chi connectivity index (χ1v) is 14.0. The number of aliphatic carboxylic acids is 1. The summed E-state index contributed by atoms with van der Waals surface area (Å²) in [5.74, 6) is -5.21. The first-order valence-electron chi connectivity index (χ1n) is 13.2. The molecule has 0 spiro atoms. The van der Waals surface area contributed by atoms with Gasteiger partial charge in [0.2, 0.25) is 17.7 Å². The number of carbonyl (C=O) groups is 4. The van der Waals surface area contributed by atoms with Crippen LogP contribution in [-0.4, -0.2) is 108 Å². The summed E-state index contributed by atoms with van der Waals surface area (Å²) in [7, 11) is 0. The van der Waals surface area contributed by atoms with Crippen molar-refractivity contribution in [2.24, 2.45) is 17.6 Å². The predicted molar refractivity (Wildman–Crippen MR) is 135 cm³/mol. The predicted octanol–water partition coefficient (Wildman–Crippen LogP) is -1.01.